The second-order valence-corrected chi connectivity index (χ2v) is 6.23. The second kappa shape index (κ2) is 6.33. The lowest BCUT2D eigenvalue weighted by atomic mass is 9.87. The number of hydrogen-bond acceptors (Lipinski definition) is 2. The Morgan fingerprint density at radius 1 is 1.53 bits per heavy atom. The fourth-order valence-electron chi connectivity index (χ4n) is 2.71. The highest BCUT2D eigenvalue weighted by molar-refractivity contribution is 9.10. The fourth-order valence-corrected chi connectivity index (χ4v) is 3.09. The first-order chi connectivity index (χ1) is 9.07. The Morgan fingerprint density at radius 2 is 2.32 bits per heavy atom. The molecule has 0 aromatic heterocycles. The van der Waals surface area contributed by atoms with Crippen molar-refractivity contribution in [3.63, 3.8) is 0 Å². The summed E-state index contributed by atoms with van der Waals surface area (Å²) in [5.74, 6) is -0.173. The smallest absolute Gasteiger partial charge is 0.128 e. The van der Waals surface area contributed by atoms with Gasteiger partial charge in [-0.15, -0.1) is 0 Å². The maximum atomic E-state index is 14.2. The van der Waals surface area contributed by atoms with Crippen LogP contribution in [-0.2, 0) is 4.74 Å². The normalized spacial score (nSPS) is 24.6. The molecule has 2 atom stereocenters. The molecule has 0 radical (unpaired) electrons. The van der Waals surface area contributed by atoms with Crippen molar-refractivity contribution in [2.45, 2.75) is 44.8 Å². The number of ether oxygens (including phenoxy) is 1. The highest BCUT2D eigenvalue weighted by Gasteiger charge is 2.40. The highest BCUT2D eigenvalue weighted by atomic mass is 79.9. The van der Waals surface area contributed by atoms with Crippen LogP contribution in [0.4, 0.5) is 4.39 Å². The number of nitrogens with one attached hydrogen (secondary N) is 1. The van der Waals surface area contributed by atoms with Crippen molar-refractivity contribution in [1.29, 1.82) is 0 Å². The number of hydrogen-bond donors (Lipinski definition) is 1. The first kappa shape index (κ1) is 14.9. The van der Waals surface area contributed by atoms with Gasteiger partial charge in [0.1, 0.15) is 5.82 Å². The van der Waals surface area contributed by atoms with Gasteiger partial charge >= 0.3 is 0 Å². The number of halogens is 2. The van der Waals surface area contributed by atoms with Crippen molar-refractivity contribution in [2.24, 2.45) is 0 Å². The molecule has 1 aromatic carbocycles. The lowest BCUT2D eigenvalue weighted by Gasteiger charge is -2.34. The summed E-state index contributed by atoms with van der Waals surface area (Å²) < 4.78 is 21.0. The Hall–Kier alpha value is -0.450. The maximum absolute atomic E-state index is 14.2. The Labute approximate surface area is 122 Å². The van der Waals surface area contributed by atoms with E-state index in [2.05, 4.69) is 35.1 Å². The van der Waals surface area contributed by atoms with E-state index in [1.54, 1.807) is 6.07 Å². The van der Waals surface area contributed by atoms with Gasteiger partial charge in [0.2, 0.25) is 0 Å². The average Bonchev–Trinajstić information content (AvgIpc) is 2.82. The van der Waals surface area contributed by atoms with Gasteiger partial charge in [-0.2, -0.15) is 0 Å². The van der Waals surface area contributed by atoms with Gasteiger partial charge in [-0.3, -0.25) is 0 Å². The van der Waals surface area contributed by atoms with Crippen LogP contribution in [0.15, 0.2) is 22.7 Å². The fraction of sp³-hybridized carbons (Fsp3) is 0.600. The molecular weight excluding hydrogens is 309 g/mol. The Balaban J connectivity index is 2.33. The largest absolute Gasteiger partial charge is 0.373 e. The minimum atomic E-state index is -0.323. The molecule has 0 aliphatic carbocycles. The maximum Gasteiger partial charge on any atom is 0.128 e. The van der Waals surface area contributed by atoms with Crippen LogP contribution < -0.4 is 5.32 Å². The molecule has 1 N–H and O–H groups in total. The third-order valence-electron chi connectivity index (χ3n) is 3.73. The zero-order valence-corrected chi connectivity index (χ0v) is 13.1. The van der Waals surface area contributed by atoms with Crippen LogP contribution in [0.1, 0.15) is 44.7 Å². The van der Waals surface area contributed by atoms with E-state index in [4.69, 9.17) is 4.74 Å². The van der Waals surface area contributed by atoms with E-state index in [1.165, 1.54) is 6.07 Å². The summed E-state index contributed by atoms with van der Waals surface area (Å²) in [5, 5.41) is 3.45. The van der Waals surface area contributed by atoms with Crippen LogP contribution in [0.5, 0.6) is 0 Å². The molecule has 4 heteroatoms. The summed E-state index contributed by atoms with van der Waals surface area (Å²) in [6, 6.07) is 4.99. The van der Waals surface area contributed by atoms with Crippen LogP contribution >= 0.6 is 15.9 Å². The first-order valence-corrected chi connectivity index (χ1v) is 7.68. The van der Waals surface area contributed by atoms with Crippen LogP contribution in [0, 0.1) is 5.82 Å². The minimum Gasteiger partial charge on any atom is -0.373 e. The number of benzene rings is 1. The molecule has 106 valence electrons. The van der Waals surface area contributed by atoms with Crippen LogP contribution in [0.2, 0.25) is 0 Å². The Kier molecular flexibility index (Phi) is 4.98. The first-order valence-electron chi connectivity index (χ1n) is 6.89. The van der Waals surface area contributed by atoms with Crippen molar-refractivity contribution in [3.8, 4) is 0 Å². The zero-order chi connectivity index (χ0) is 13.9. The van der Waals surface area contributed by atoms with E-state index in [0.717, 1.165) is 36.9 Å². The third kappa shape index (κ3) is 3.36. The molecule has 0 amide bonds. The third-order valence-corrected chi connectivity index (χ3v) is 4.22. The highest BCUT2D eigenvalue weighted by Crippen LogP contribution is 2.39. The van der Waals surface area contributed by atoms with Crippen LogP contribution in [-0.4, -0.2) is 18.8 Å². The predicted molar refractivity (Wildman–Crippen MR) is 78.7 cm³/mol. The lowest BCUT2D eigenvalue weighted by molar-refractivity contribution is -0.0134. The molecule has 2 unspecified atom stereocenters. The molecule has 19 heavy (non-hydrogen) atoms. The van der Waals surface area contributed by atoms with Gasteiger partial charge < -0.3 is 10.1 Å². The van der Waals surface area contributed by atoms with Gasteiger partial charge in [0.15, 0.2) is 0 Å². The van der Waals surface area contributed by atoms with Gasteiger partial charge in [0.25, 0.3) is 0 Å². The van der Waals surface area contributed by atoms with Crippen molar-refractivity contribution in [3.05, 3.63) is 34.1 Å². The van der Waals surface area contributed by atoms with Crippen molar-refractivity contribution in [2.75, 3.05) is 13.2 Å². The Morgan fingerprint density at radius 3 is 2.95 bits per heavy atom. The summed E-state index contributed by atoms with van der Waals surface area (Å²) in [6.07, 6.45) is 3.01. The van der Waals surface area contributed by atoms with E-state index in [0.29, 0.717) is 5.56 Å². The quantitative estimate of drug-likeness (QED) is 0.874. The SMILES string of the molecule is CCCNC(c1cc(Br)ccc1F)C1(C)CCCO1. The molecule has 1 aromatic rings. The summed E-state index contributed by atoms with van der Waals surface area (Å²) in [6.45, 7) is 5.80. The van der Waals surface area contributed by atoms with Gasteiger partial charge in [-0.1, -0.05) is 22.9 Å². The van der Waals surface area contributed by atoms with E-state index in [1.807, 2.05) is 6.07 Å². The Bertz CT molecular complexity index is 432. The molecule has 0 bridgehead atoms. The van der Waals surface area contributed by atoms with Gasteiger partial charge in [0, 0.05) is 16.6 Å². The van der Waals surface area contributed by atoms with E-state index in [9.17, 15) is 4.39 Å². The lowest BCUT2D eigenvalue weighted by Crippen LogP contribution is -2.42. The molecule has 1 aliphatic rings. The molecular formula is C15H21BrFNO. The minimum absolute atomic E-state index is 0.104. The molecule has 1 aliphatic heterocycles. The van der Waals surface area contributed by atoms with Gasteiger partial charge in [-0.05, 0) is 50.9 Å². The van der Waals surface area contributed by atoms with Crippen molar-refractivity contribution in [1.82, 2.24) is 5.32 Å². The van der Waals surface area contributed by atoms with Crippen LogP contribution in [0.25, 0.3) is 0 Å². The molecule has 2 rings (SSSR count). The summed E-state index contributed by atoms with van der Waals surface area (Å²) in [7, 11) is 0. The molecule has 1 saturated heterocycles. The van der Waals surface area contributed by atoms with E-state index < -0.39 is 0 Å². The zero-order valence-electron chi connectivity index (χ0n) is 11.5. The molecule has 0 spiro atoms. The van der Waals surface area contributed by atoms with E-state index >= 15 is 0 Å². The van der Waals surface area contributed by atoms with E-state index in [-0.39, 0.29) is 17.5 Å². The monoisotopic (exact) mass is 329 g/mol. The second-order valence-electron chi connectivity index (χ2n) is 5.32. The molecule has 0 saturated carbocycles. The van der Waals surface area contributed by atoms with Gasteiger partial charge in [0.05, 0.1) is 11.6 Å². The molecule has 2 nitrogen and oxygen atoms in total. The topological polar surface area (TPSA) is 21.3 Å². The summed E-state index contributed by atoms with van der Waals surface area (Å²) >= 11 is 3.42. The predicted octanol–water partition coefficient (Wildman–Crippen LogP) is 4.20. The van der Waals surface area contributed by atoms with Crippen molar-refractivity contribution < 1.29 is 9.13 Å². The molecule has 1 fully saturated rings. The number of rotatable bonds is 5. The van der Waals surface area contributed by atoms with Crippen molar-refractivity contribution >= 4 is 15.9 Å². The van der Waals surface area contributed by atoms with Gasteiger partial charge in [-0.25, -0.2) is 4.39 Å². The average molecular weight is 330 g/mol. The summed E-state index contributed by atoms with van der Waals surface area (Å²) in [4.78, 5) is 0. The summed E-state index contributed by atoms with van der Waals surface area (Å²) in [5.41, 5.74) is 0.365. The molecule has 1 heterocycles. The standard InChI is InChI=1S/C15H21BrFNO/c1-3-8-18-14(15(2)7-4-9-19-15)12-10-11(16)5-6-13(12)17/h5-6,10,14,18H,3-4,7-9H2,1-2H3. The van der Waals surface area contributed by atoms with Crippen LogP contribution in [0.3, 0.4) is 0 Å².